The second-order valence-corrected chi connectivity index (χ2v) is 7.40. The fourth-order valence-corrected chi connectivity index (χ4v) is 4.19. The molecule has 1 N–H and O–H groups in total. The molecule has 0 aromatic carbocycles. The highest BCUT2D eigenvalue weighted by molar-refractivity contribution is 5.74. The molecule has 2 fully saturated rings. The first-order valence-corrected chi connectivity index (χ1v) is 9.80. The highest BCUT2D eigenvalue weighted by atomic mass is 16.2. The predicted octanol–water partition coefficient (Wildman–Crippen LogP) is 3.62. The average Bonchev–Trinajstić information content (AvgIpc) is 3.19. The lowest BCUT2D eigenvalue weighted by molar-refractivity contribution is 0.166. The van der Waals surface area contributed by atoms with Crippen LogP contribution in [0.25, 0.3) is 11.4 Å². The van der Waals surface area contributed by atoms with Gasteiger partial charge in [0.1, 0.15) is 5.82 Å². The summed E-state index contributed by atoms with van der Waals surface area (Å²) in [5.74, 6) is 0.984. The number of rotatable bonds is 3. The molecule has 3 heterocycles. The number of imidazole rings is 1. The zero-order chi connectivity index (χ0) is 17.8. The molecular weight excluding hydrogens is 326 g/mol. The molecule has 138 valence electrons. The SMILES string of the molecule is O=C(NC1CCCCC1)N1CCC(n2ccnc2-c2ccncc2)CC1. The van der Waals surface area contributed by atoms with Crippen molar-refractivity contribution in [2.45, 2.75) is 57.0 Å². The summed E-state index contributed by atoms with van der Waals surface area (Å²) in [4.78, 5) is 23.1. The van der Waals surface area contributed by atoms with Crippen LogP contribution in [0.1, 0.15) is 51.0 Å². The number of piperidine rings is 1. The first kappa shape index (κ1) is 17.1. The third-order valence-electron chi connectivity index (χ3n) is 5.69. The van der Waals surface area contributed by atoms with Gasteiger partial charge in [-0.15, -0.1) is 0 Å². The lowest BCUT2D eigenvalue weighted by atomic mass is 9.95. The topological polar surface area (TPSA) is 63.1 Å². The average molecular weight is 353 g/mol. The molecule has 6 nitrogen and oxygen atoms in total. The van der Waals surface area contributed by atoms with E-state index < -0.39 is 0 Å². The summed E-state index contributed by atoms with van der Waals surface area (Å²) in [7, 11) is 0. The number of likely N-dealkylation sites (tertiary alicyclic amines) is 1. The monoisotopic (exact) mass is 353 g/mol. The van der Waals surface area contributed by atoms with E-state index in [1.807, 2.05) is 23.2 Å². The van der Waals surface area contributed by atoms with E-state index in [0.29, 0.717) is 12.1 Å². The van der Waals surface area contributed by atoms with Gasteiger partial charge < -0.3 is 14.8 Å². The third kappa shape index (κ3) is 3.74. The molecule has 1 saturated heterocycles. The number of hydrogen-bond acceptors (Lipinski definition) is 3. The normalized spacial score (nSPS) is 19.5. The lowest BCUT2D eigenvalue weighted by Gasteiger charge is -2.34. The van der Waals surface area contributed by atoms with Gasteiger partial charge >= 0.3 is 6.03 Å². The molecule has 0 bridgehead atoms. The molecule has 1 aliphatic heterocycles. The Morgan fingerprint density at radius 3 is 2.46 bits per heavy atom. The van der Waals surface area contributed by atoms with Gasteiger partial charge in [-0.2, -0.15) is 0 Å². The highest BCUT2D eigenvalue weighted by Gasteiger charge is 2.26. The van der Waals surface area contributed by atoms with E-state index in [9.17, 15) is 4.79 Å². The number of nitrogens with one attached hydrogen (secondary N) is 1. The van der Waals surface area contributed by atoms with Gasteiger partial charge in [-0.1, -0.05) is 19.3 Å². The Balaban J connectivity index is 1.35. The Hall–Kier alpha value is -2.37. The molecule has 2 aliphatic rings. The minimum atomic E-state index is 0.121. The number of urea groups is 1. The van der Waals surface area contributed by atoms with Crippen LogP contribution in [-0.2, 0) is 0 Å². The number of aromatic nitrogens is 3. The number of carbonyl (C=O) groups excluding carboxylic acids is 1. The lowest BCUT2D eigenvalue weighted by Crippen LogP contribution is -2.48. The van der Waals surface area contributed by atoms with E-state index in [1.54, 1.807) is 12.4 Å². The summed E-state index contributed by atoms with van der Waals surface area (Å²) in [6, 6.07) is 4.87. The molecule has 2 aromatic rings. The summed E-state index contributed by atoms with van der Waals surface area (Å²) in [5.41, 5.74) is 1.09. The van der Waals surface area contributed by atoms with Gasteiger partial charge in [0.2, 0.25) is 0 Å². The van der Waals surface area contributed by atoms with Crippen molar-refractivity contribution in [3.05, 3.63) is 36.9 Å². The third-order valence-corrected chi connectivity index (χ3v) is 5.69. The van der Waals surface area contributed by atoms with Crippen LogP contribution in [-0.4, -0.2) is 44.6 Å². The zero-order valence-electron chi connectivity index (χ0n) is 15.2. The van der Waals surface area contributed by atoms with Crippen LogP contribution < -0.4 is 5.32 Å². The van der Waals surface area contributed by atoms with E-state index in [0.717, 1.165) is 50.2 Å². The van der Waals surface area contributed by atoms with Crippen molar-refractivity contribution in [1.29, 1.82) is 0 Å². The first-order chi connectivity index (χ1) is 12.8. The molecule has 0 unspecified atom stereocenters. The van der Waals surface area contributed by atoms with Gasteiger partial charge in [0.05, 0.1) is 0 Å². The maximum absolute atomic E-state index is 12.5. The van der Waals surface area contributed by atoms with Crippen molar-refractivity contribution in [3.8, 4) is 11.4 Å². The smallest absolute Gasteiger partial charge is 0.317 e. The standard InChI is InChI=1S/C20H27N5O/c26-20(23-17-4-2-1-3-5-17)24-13-8-18(9-14-24)25-15-12-22-19(25)16-6-10-21-11-7-16/h6-7,10-12,15,17-18H,1-5,8-9,13-14H2,(H,23,26). The Labute approximate surface area is 154 Å². The van der Waals surface area contributed by atoms with Gasteiger partial charge in [0, 0.05) is 55.5 Å². The molecule has 2 amide bonds. The van der Waals surface area contributed by atoms with Crippen molar-refractivity contribution >= 4 is 6.03 Å². The maximum atomic E-state index is 12.5. The van der Waals surface area contributed by atoms with E-state index in [1.165, 1.54) is 19.3 Å². The van der Waals surface area contributed by atoms with Crippen molar-refractivity contribution in [3.63, 3.8) is 0 Å². The van der Waals surface area contributed by atoms with Crippen LogP contribution in [0, 0.1) is 0 Å². The first-order valence-electron chi connectivity index (χ1n) is 9.80. The van der Waals surface area contributed by atoms with Crippen LogP contribution in [0.3, 0.4) is 0 Å². The number of nitrogens with zero attached hydrogens (tertiary/aromatic N) is 4. The van der Waals surface area contributed by atoms with Gasteiger partial charge in [-0.25, -0.2) is 9.78 Å². The fourth-order valence-electron chi connectivity index (χ4n) is 4.19. The number of carbonyl (C=O) groups is 1. The van der Waals surface area contributed by atoms with Gasteiger partial charge in [0.25, 0.3) is 0 Å². The summed E-state index contributed by atoms with van der Waals surface area (Å²) in [5, 5.41) is 3.24. The zero-order valence-corrected chi connectivity index (χ0v) is 15.2. The van der Waals surface area contributed by atoms with Crippen LogP contribution in [0.5, 0.6) is 0 Å². The van der Waals surface area contributed by atoms with Crippen molar-refractivity contribution in [2.24, 2.45) is 0 Å². The van der Waals surface area contributed by atoms with Crippen molar-refractivity contribution < 1.29 is 4.79 Å². The second-order valence-electron chi connectivity index (χ2n) is 7.40. The number of amides is 2. The van der Waals surface area contributed by atoms with Crippen LogP contribution >= 0.6 is 0 Å². The quantitative estimate of drug-likeness (QED) is 0.916. The van der Waals surface area contributed by atoms with Crippen molar-refractivity contribution in [1.82, 2.24) is 24.8 Å². The molecule has 1 saturated carbocycles. The molecule has 6 heteroatoms. The minimum Gasteiger partial charge on any atom is -0.335 e. The fraction of sp³-hybridized carbons (Fsp3) is 0.550. The summed E-state index contributed by atoms with van der Waals surface area (Å²) >= 11 is 0. The van der Waals surface area contributed by atoms with Crippen LogP contribution in [0.2, 0.25) is 0 Å². The molecule has 0 spiro atoms. The molecule has 2 aromatic heterocycles. The molecule has 0 radical (unpaired) electrons. The summed E-state index contributed by atoms with van der Waals surface area (Å²) < 4.78 is 2.26. The second kappa shape index (κ2) is 7.89. The molecule has 4 rings (SSSR count). The maximum Gasteiger partial charge on any atom is 0.317 e. The van der Waals surface area contributed by atoms with E-state index in [-0.39, 0.29) is 6.03 Å². The Bertz CT molecular complexity index is 715. The molecule has 1 aliphatic carbocycles. The summed E-state index contributed by atoms with van der Waals surface area (Å²) in [6.45, 7) is 1.61. The van der Waals surface area contributed by atoms with Crippen molar-refractivity contribution in [2.75, 3.05) is 13.1 Å². The molecule has 0 atom stereocenters. The largest absolute Gasteiger partial charge is 0.335 e. The van der Waals surface area contributed by atoms with E-state index in [2.05, 4.69) is 26.0 Å². The molecule has 26 heavy (non-hydrogen) atoms. The number of hydrogen-bond donors (Lipinski definition) is 1. The minimum absolute atomic E-state index is 0.121. The van der Waals surface area contributed by atoms with Gasteiger partial charge in [0.15, 0.2) is 0 Å². The van der Waals surface area contributed by atoms with E-state index in [4.69, 9.17) is 0 Å². The van der Waals surface area contributed by atoms with Gasteiger partial charge in [-0.3, -0.25) is 4.98 Å². The highest BCUT2D eigenvalue weighted by Crippen LogP contribution is 2.28. The molecular formula is C20H27N5O. The summed E-state index contributed by atoms with van der Waals surface area (Å²) in [6.07, 6.45) is 15.5. The van der Waals surface area contributed by atoms with E-state index >= 15 is 0 Å². The Morgan fingerprint density at radius 2 is 1.73 bits per heavy atom. The predicted molar refractivity (Wildman–Crippen MR) is 101 cm³/mol. The van der Waals surface area contributed by atoms with Gasteiger partial charge in [-0.05, 0) is 37.8 Å². The Kier molecular flexibility index (Phi) is 5.18. The number of pyridine rings is 1. The Morgan fingerprint density at radius 1 is 1.00 bits per heavy atom. The van der Waals surface area contributed by atoms with Crippen LogP contribution in [0.4, 0.5) is 4.79 Å². The van der Waals surface area contributed by atoms with Crippen LogP contribution in [0.15, 0.2) is 36.9 Å².